The fourth-order valence-electron chi connectivity index (χ4n) is 1.10. The van der Waals surface area contributed by atoms with Gasteiger partial charge in [0.2, 0.25) is 5.91 Å². The summed E-state index contributed by atoms with van der Waals surface area (Å²) in [4.78, 5) is 13.1. The Morgan fingerprint density at radius 1 is 1.64 bits per heavy atom. The van der Waals surface area contributed by atoms with E-state index in [0.717, 1.165) is 6.42 Å². The van der Waals surface area contributed by atoms with Gasteiger partial charge in [0, 0.05) is 19.5 Å². The van der Waals surface area contributed by atoms with Crippen molar-refractivity contribution < 1.29 is 4.79 Å². The third kappa shape index (κ3) is 2.50. The summed E-state index contributed by atoms with van der Waals surface area (Å²) in [5.41, 5.74) is 5.30. The van der Waals surface area contributed by atoms with E-state index in [1.165, 1.54) is 12.8 Å². The minimum atomic E-state index is 0.248. The molecular formula is C8H16N2O. The molecule has 11 heavy (non-hydrogen) atoms. The second kappa shape index (κ2) is 3.72. The highest BCUT2D eigenvalue weighted by atomic mass is 16.2. The van der Waals surface area contributed by atoms with Crippen LogP contribution in [0, 0.1) is 0 Å². The SMILES string of the molecule is CN(C(=O)CCCN)C1CC1. The van der Waals surface area contributed by atoms with Crippen LogP contribution in [0.4, 0.5) is 0 Å². The van der Waals surface area contributed by atoms with Crippen molar-refractivity contribution in [3.05, 3.63) is 0 Å². The van der Waals surface area contributed by atoms with Crippen molar-refractivity contribution in [1.29, 1.82) is 0 Å². The summed E-state index contributed by atoms with van der Waals surface area (Å²) in [6.07, 6.45) is 3.80. The zero-order chi connectivity index (χ0) is 8.27. The highest BCUT2D eigenvalue weighted by Crippen LogP contribution is 2.25. The maximum absolute atomic E-state index is 11.3. The first kappa shape index (κ1) is 8.53. The molecule has 64 valence electrons. The van der Waals surface area contributed by atoms with E-state index in [2.05, 4.69) is 0 Å². The molecule has 3 heteroatoms. The minimum Gasteiger partial charge on any atom is -0.343 e. The van der Waals surface area contributed by atoms with Crippen LogP contribution >= 0.6 is 0 Å². The van der Waals surface area contributed by atoms with E-state index in [9.17, 15) is 4.79 Å². The molecule has 1 aliphatic rings. The standard InChI is InChI=1S/C8H16N2O/c1-10(7-4-5-7)8(11)3-2-6-9/h7H,2-6,9H2,1H3. The van der Waals surface area contributed by atoms with E-state index >= 15 is 0 Å². The largest absolute Gasteiger partial charge is 0.343 e. The average Bonchev–Trinajstić information content (AvgIpc) is 2.81. The lowest BCUT2D eigenvalue weighted by atomic mass is 10.3. The third-order valence-corrected chi connectivity index (χ3v) is 2.08. The minimum absolute atomic E-state index is 0.248. The first-order chi connectivity index (χ1) is 5.25. The normalized spacial score (nSPS) is 16.5. The van der Waals surface area contributed by atoms with Crippen LogP contribution in [-0.2, 0) is 4.79 Å². The van der Waals surface area contributed by atoms with Gasteiger partial charge in [-0.05, 0) is 25.8 Å². The fraction of sp³-hybridized carbons (Fsp3) is 0.875. The molecule has 1 saturated carbocycles. The summed E-state index contributed by atoms with van der Waals surface area (Å²) in [7, 11) is 1.89. The van der Waals surface area contributed by atoms with Crippen LogP contribution in [0.1, 0.15) is 25.7 Å². The van der Waals surface area contributed by atoms with Crippen LogP contribution < -0.4 is 5.73 Å². The van der Waals surface area contributed by atoms with Crippen LogP contribution in [0.15, 0.2) is 0 Å². The first-order valence-electron chi connectivity index (χ1n) is 4.21. The highest BCUT2D eigenvalue weighted by Gasteiger charge is 2.28. The number of nitrogens with two attached hydrogens (primary N) is 1. The number of hydrogen-bond acceptors (Lipinski definition) is 2. The average molecular weight is 156 g/mol. The van der Waals surface area contributed by atoms with E-state index in [-0.39, 0.29) is 5.91 Å². The van der Waals surface area contributed by atoms with Crippen molar-refractivity contribution in [2.45, 2.75) is 31.7 Å². The summed E-state index contributed by atoms with van der Waals surface area (Å²) in [5, 5.41) is 0. The van der Waals surface area contributed by atoms with Crippen LogP contribution in [-0.4, -0.2) is 30.4 Å². The molecule has 0 unspecified atom stereocenters. The maximum atomic E-state index is 11.3. The molecule has 0 heterocycles. The summed E-state index contributed by atoms with van der Waals surface area (Å²) in [6, 6.07) is 0.542. The van der Waals surface area contributed by atoms with Gasteiger partial charge in [-0.25, -0.2) is 0 Å². The second-order valence-corrected chi connectivity index (χ2v) is 3.13. The molecule has 1 amide bonds. The Morgan fingerprint density at radius 2 is 2.27 bits per heavy atom. The van der Waals surface area contributed by atoms with Gasteiger partial charge >= 0.3 is 0 Å². The van der Waals surface area contributed by atoms with E-state index in [0.29, 0.717) is 19.0 Å². The molecule has 0 aromatic carbocycles. The Labute approximate surface area is 67.5 Å². The van der Waals surface area contributed by atoms with Crippen LogP contribution in [0.25, 0.3) is 0 Å². The topological polar surface area (TPSA) is 46.3 Å². The highest BCUT2D eigenvalue weighted by molar-refractivity contribution is 5.76. The number of amides is 1. The van der Waals surface area contributed by atoms with Crippen molar-refractivity contribution in [1.82, 2.24) is 4.90 Å². The van der Waals surface area contributed by atoms with Gasteiger partial charge in [0.05, 0.1) is 0 Å². The van der Waals surface area contributed by atoms with Crippen molar-refractivity contribution in [2.24, 2.45) is 5.73 Å². The molecule has 1 aliphatic carbocycles. The smallest absolute Gasteiger partial charge is 0.222 e. The predicted octanol–water partition coefficient (Wildman–Crippen LogP) is 0.346. The summed E-state index contributed by atoms with van der Waals surface area (Å²) in [6.45, 7) is 0.615. The second-order valence-electron chi connectivity index (χ2n) is 3.13. The molecule has 0 atom stereocenters. The molecule has 1 rings (SSSR count). The number of hydrogen-bond donors (Lipinski definition) is 1. The van der Waals surface area contributed by atoms with Gasteiger partial charge in [0.1, 0.15) is 0 Å². The lowest BCUT2D eigenvalue weighted by Crippen LogP contribution is -2.28. The molecule has 0 aliphatic heterocycles. The zero-order valence-electron chi connectivity index (χ0n) is 7.05. The van der Waals surface area contributed by atoms with Crippen LogP contribution in [0.3, 0.4) is 0 Å². The summed E-state index contributed by atoms with van der Waals surface area (Å²) >= 11 is 0. The van der Waals surface area contributed by atoms with Crippen molar-refractivity contribution >= 4 is 5.91 Å². The number of rotatable bonds is 4. The van der Waals surface area contributed by atoms with E-state index in [1.807, 2.05) is 11.9 Å². The van der Waals surface area contributed by atoms with Gasteiger partial charge in [0.15, 0.2) is 0 Å². The third-order valence-electron chi connectivity index (χ3n) is 2.08. The molecule has 0 bridgehead atoms. The van der Waals surface area contributed by atoms with Gasteiger partial charge in [-0.1, -0.05) is 0 Å². The molecule has 0 saturated heterocycles. The zero-order valence-corrected chi connectivity index (χ0v) is 7.05. The summed E-state index contributed by atoms with van der Waals surface area (Å²) in [5.74, 6) is 0.248. The van der Waals surface area contributed by atoms with Gasteiger partial charge in [-0.3, -0.25) is 4.79 Å². The maximum Gasteiger partial charge on any atom is 0.222 e. The fourth-order valence-corrected chi connectivity index (χ4v) is 1.10. The Balaban J connectivity index is 2.16. The number of nitrogens with zero attached hydrogens (tertiary/aromatic N) is 1. The van der Waals surface area contributed by atoms with E-state index in [4.69, 9.17) is 5.73 Å². The van der Waals surface area contributed by atoms with Gasteiger partial charge < -0.3 is 10.6 Å². The Kier molecular flexibility index (Phi) is 2.88. The first-order valence-corrected chi connectivity index (χ1v) is 4.21. The number of carbonyl (C=O) groups excluding carboxylic acids is 1. The van der Waals surface area contributed by atoms with Gasteiger partial charge in [-0.2, -0.15) is 0 Å². The molecule has 0 spiro atoms. The van der Waals surface area contributed by atoms with Gasteiger partial charge in [-0.15, -0.1) is 0 Å². The predicted molar refractivity (Wildman–Crippen MR) is 44.1 cm³/mol. The lowest BCUT2D eigenvalue weighted by molar-refractivity contribution is -0.130. The quantitative estimate of drug-likeness (QED) is 0.638. The molecule has 3 nitrogen and oxygen atoms in total. The molecule has 2 N–H and O–H groups in total. The van der Waals surface area contributed by atoms with Crippen molar-refractivity contribution in [2.75, 3.05) is 13.6 Å². The molecule has 0 radical (unpaired) electrons. The lowest BCUT2D eigenvalue weighted by Gasteiger charge is -2.15. The van der Waals surface area contributed by atoms with Crippen molar-refractivity contribution in [3.8, 4) is 0 Å². The molecule has 0 aromatic rings. The van der Waals surface area contributed by atoms with E-state index < -0.39 is 0 Å². The Morgan fingerprint density at radius 3 is 2.73 bits per heavy atom. The summed E-state index contributed by atoms with van der Waals surface area (Å²) < 4.78 is 0. The molecule has 1 fully saturated rings. The number of carbonyl (C=O) groups is 1. The van der Waals surface area contributed by atoms with Crippen LogP contribution in [0.5, 0.6) is 0 Å². The Hall–Kier alpha value is -0.570. The van der Waals surface area contributed by atoms with Gasteiger partial charge in [0.25, 0.3) is 0 Å². The van der Waals surface area contributed by atoms with Crippen molar-refractivity contribution in [3.63, 3.8) is 0 Å². The van der Waals surface area contributed by atoms with E-state index in [1.54, 1.807) is 0 Å². The molecular weight excluding hydrogens is 140 g/mol. The molecule has 0 aromatic heterocycles. The Bertz CT molecular complexity index is 143. The monoisotopic (exact) mass is 156 g/mol. The van der Waals surface area contributed by atoms with Crippen LogP contribution in [0.2, 0.25) is 0 Å².